The van der Waals surface area contributed by atoms with Gasteiger partial charge in [-0.1, -0.05) is 37.0 Å². The Labute approximate surface area is 159 Å². The van der Waals surface area contributed by atoms with Crippen LogP contribution in [-0.2, 0) is 0 Å². The molecule has 0 aliphatic heterocycles. The van der Waals surface area contributed by atoms with Crippen molar-refractivity contribution < 1.29 is 9.84 Å². The van der Waals surface area contributed by atoms with E-state index in [9.17, 15) is 9.90 Å². The maximum atomic E-state index is 11.3. The number of benzene rings is 1. The van der Waals surface area contributed by atoms with E-state index in [1.165, 1.54) is 12.3 Å². The first kappa shape index (κ1) is 18.2. The van der Waals surface area contributed by atoms with Crippen molar-refractivity contribution in [2.45, 2.75) is 19.8 Å². The number of nitrogens with one attached hydrogen (secondary N) is 1. The van der Waals surface area contributed by atoms with Crippen LogP contribution >= 0.6 is 23.2 Å². The van der Waals surface area contributed by atoms with Crippen molar-refractivity contribution >= 4 is 23.2 Å². The molecule has 3 rings (SSSR count). The third kappa shape index (κ3) is 3.81. The molecule has 0 aliphatic carbocycles. The number of hydrogen-bond donors (Lipinski definition) is 2. The molecule has 0 aliphatic rings. The molecule has 26 heavy (non-hydrogen) atoms. The molecule has 2 N–H and O–H groups in total. The van der Waals surface area contributed by atoms with Crippen LogP contribution in [0.5, 0.6) is 17.4 Å². The molecule has 1 aromatic carbocycles. The number of ether oxygens (including phenoxy) is 1. The van der Waals surface area contributed by atoms with Gasteiger partial charge in [-0.2, -0.15) is 5.10 Å². The Hall–Kier alpha value is -2.57. The maximum absolute atomic E-state index is 11.3. The molecule has 0 atom stereocenters. The average molecular weight is 392 g/mol. The van der Waals surface area contributed by atoms with E-state index in [1.54, 1.807) is 24.4 Å². The molecule has 134 valence electrons. The minimum absolute atomic E-state index is 0.251. The molecule has 3 aromatic rings. The van der Waals surface area contributed by atoms with Crippen LogP contribution in [0.4, 0.5) is 0 Å². The fourth-order valence-corrected chi connectivity index (χ4v) is 2.86. The first-order chi connectivity index (χ1) is 12.3. The molecule has 0 amide bonds. The van der Waals surface area contributed by atoms with Gasteiger partial charge in [0, 0.05) is 17.8 Å². The number of H-pyrrole nitrogens is 1. The number of hydrogen-bond acceptors (Lipinski definition) is 5. The highest BCUT2D eigenvalue weighted by molar-refractivity contribution is 6.37. The lowest BCUT2D eigenvalue weighted by molar-refractivity contribution is 0.454. The van der Waals surface area contributed by atoms with Gasteiger partial charge in [0.15, 0.2) is 11.5 Å². The molecule has 2 heterocycles. The number of aromatic hydroxyl groups is 1. The van der Waals surface area contributed by atoms with Crippen LogP contribution in [0.2, 0.25) is 10.0 Å². The number of aromatic nitrogens is 3. The Morgan fingerprint density at radius 3 is 2.42 bits per heavy atom. The summed E-state index contributed by atoms with van der Waals surface area (Å²) in [5, 5.41) is 17.9. The van der Waals surface area contributed by atoms with Crippen LogP contribution in [0.3, 0.4) is 0 Å². The van der Waals surface area contributed by atoms with E-state index >= 15 is 0 Å². The topological polar surface area (TPSA) is 88.1 Å². The van der Waals surface area contributed by atoms with Gasteiger partial charge in [-0.15, -0.1) is 5.10 Å². The standard InChI is InChI=1S/C18H15Cl2N3O3/c1-9(2)11-6-16(23-22-8-11)26-17-13(19)3-10(4-14(17)20)12-5-15(24)18(25)21-7-12/h3-9,24H,1-2H3,(H,21,25). The summed E-state index contributed by atoms with van der Waals surface area (Å²) in [5.41, 5.74) is 1.57. The number of halogens is 2. The lowest BCUT2D eigenvalue weighted by Crippen LogP contribution is -2.03. The van der Waals surface area contributed by atoms with Crippen LogP contribution in [0.15, 0.2) is 41.5 Å². The molecule has 0 radical (unpaired) electrons. The summed E-state index contributed by atoms with van der Waals surface area (Å²) >= 11 is 12.6. The van der Waals surface area contributed by atoms with Gasteiger partial charge in [-0.3, -0.25) is 4.79 Å². The van der Waals surface area contributed by atoms with Gasteiger partial charge in [0.1, 0.15) is 0 Å². The van der Waals surface area contributed by atoms with Gasteiger partial charge in [0.2, 0.25) is 5.88 Å². The molecule has 6 nitrogen and oxygen atoms in total. The van der Waals surface area contributed by atoms with Crippen LogP contribution in [0, 0.1) is 0 Å². The Kier molecular flexibility index (Phi) is 5.15. The molecule has 0 bridgehead atoms. The quantitative estimate of drug-likeness (QED) is 0.669. The molecule has 8 heteroatoms. The lowest BCUT2D eigenvalue weighted by Gasteiger charge is -2.12. The highest BCUT2D eigenvalue weighted by Gasteiger charge is 2.14. The predicted molar refractivity (Wildman–Crippen MR) is 100 cm³/mol. The SMILES string of the molecule is CC(C)c1cnnc(Oc2c(Cl)cc(-c3c[nH]c(=O)c(O)c3)cc2Cl)c1. The van der Waals surface area contributed by atoms with Crippen molar-refractivity contribution in [1.82, 2.24) is 15.2 Å². The third-order valence-corrected chi connectivity index (χ3v) is 4.30. The summed E-state index contributed by atoms with van der Waals surface area (Å²) in [6, 6.07) is 6.35. The smallest absolute Gasteiger partial charge is 0.290 e. The van der Waals surface area contributed by atoms with Gasteiger partial charge in [-0.25, -0.2) is 0 Å². The zero-order valence-electron chi connectivity index (χ0n) is 14.0. The van der Waals surface area contributed by atoms with Gasteiger partial charge in [0.25, 0.3) is 5.56 Å². The maximum Gasteiger partial charge on any atom is 0.290 e. The highest BCUT2D eigenvalue weighted by atomic mass is 35.5. The van der Waals surface area contributed by atoms with Crippen molar-refractivity contribution in [3.05, 3.63) is 62.6 Å². The molecule has 0 saturated heterocycles. The Balaban J connectivity index is 1.96. The fraction of sp³-hybridized carbons (Fsp3) is 0.167. The first-order valence-corrected chi connectivity index (χ1v) is 8.52. The second kappa shape index (κ2) is 7.35. The van der Waals surface area contributed by atoms with Crippen LogP contribution in [0.25, 0.3) is 11.1 Å². The number of nitrogens with zero attached hydrogens (tertiary/aromatic N) is 2. The summed E-state index contributed by atoms with van der Waals surface area (Å²) in [7, 11) is 0. The molecule has 0 saturated carbocycles. The first-order valence-electron chi connectivity index (χ1n) is 7.76. The van der Waals surface area contributed by atoms with Crippen molar-refractivity contribution in [2.75, 3.05) is 0 Å². The minimum atomic E-state index is -0.575. The second-order valence-corrected chi connectivity index (χ2v) is 6.77. The van der Waals surface area contributed by atoms with Gasteiger partial charge >= 0.3 is 0 Å². The van der Waals surface area contributed by atoms with Crippen molar-refractivity contribution in [2.24, 2.45) is 0 Å². The Bertz CT molecular complexity index is 996. The molecule has 0 spiro atoms. The van der Waals surface area contributed by atoms with Crippen molar-refractivity contribution in [3.8, 4) is 28.5 Å². The van der Waals surface area contributed by atoms with Gasteiger partial charge < -0.3 is 14.8 Å². The van der Waals surface area contributed by atoms with Gasteiger partial charge in [-0.05, 0) is 35.2 Å². The largest absolute Gasteiger partial charge is 0.503 e. The van der Waals surface area contributed by atoms with Gasteiger partial charge in [0.05, 0.1) is 16.2 Å². The number of rotatable bonds is 4. The number of aromatic amines is 1. The van der Waals surface area contributed by atoms with Crippen LogP contribution < -0.4 is 10.3 Å². The van der Waals surface area contributed by atoms with E-state index in [2.05, 4.69) is 15.2 Å². The summed E-state index contributed by atoms with van der Waals surface area (Å²) in [6.45, 7) is 4.07. The lowest BCUT2D eigenvalue weighted by atomic mass is 10.1. The molecular weight excluding hydrogens is 377 g/mol. The molecule has 0 fully saturated rings. The van der Waals surface area contributed by atoms with E-state index in [0.29, 0.717) is 11.1 Å². The minimum Gasteiger partial charge on any atom is -0.503 e. The van der Waals surface area contributed by atoms with E-state index in [0.717, 1.165) is 5.56 Å². The van der Waals surface area contributed by atoms with Crippen LogP contribution in [-0.4, -0.2) is 20.3 Å². The summed E-state index contributed by atoms with van der Waals surface area (Å²) < 4.78 is 5.72. The van der Waals surface area contributed by atoms with E-state index in [1.807, 2.05) is 13.8 Å². The van der Waals surface area contributed by atoms with Crippen LogP contribution in [0.1, 0.15) is 25.3 Å². The molecule has 2 aromatic heterocycles. The Morgan fingerprint density at radius 1 is 1.12 bits per heavy atom. The second-order valence-electron chi connectivity index (χ2n) is 5.96. The summed E-state index contributed by atoms with van der Waals surface area (Å²) in [5.74, 6) is 0.417. The fourth-order valence-electron chi connectivity index (χ4n) is 2.29. The summed E-state index contributed by atoms with van der Waals surface area (Å²) in [6.07, 6.45) is 3.13. The zero-order chi connectivity index (χ0) is 18.8. The zero-order valence-corrected chi connectivity index (χ0v) is 15.5. The Morgan fingerprint density at radius 2 is 1.81 bits per heavy atom. The summed E-state index contributed by atoms with van der Waals surface area (Å²) in [4.78, 5) is 13.7. The monoisotopic (exact) mass is 391 g/mol. The van der Waals surface area contributed by atoms with Crippen molar-refractivity contribution in [3.63, 3.8) is 0 Å². The highest BCUT2D eigenvalue weighted by Crippen LogP contribution is 2.39. The van der Waals surface area contributed by atoms with Crippen molar-refractivity contribution in [1.29, 1.82) is 0 Å². The molecular formula is C18H15Cl2N3O3. The molecule has 0 unspecified atom stereocenters. The normalized spacial score (nSPS) is 11.0. The van der Waals surface area contributed by atoms with E-state index < -0.39 is 11.3 Å². The average Bonchev–Trinajstić information content (AvgIpc) is 2.60. The predicted octanol–water partition coefficient (Wildman–Crippen LogP) is 4.76. The third-order valence-electron chi connectivity index (χ3n) is 3.74. The number of pyridine rings is 1. The van der Waals surface area contributed by atoms with E-state index in [-0.39, 0.29) is 27.6 Å². The van der Waals surface area contributed by atoms with E-state index in [4.69, 9.17) is 27.9 Å².